The zero-order valence-electron chi connectivity index (χ0n) is 38.4. The van der Waals surface area contributed by atoms with Gasteiger partial charge in [0.05, 0.1) is 18.8 Å². The van der Waals surface area contributed by atoms with Crippen LogP contribution in [0.25, 0.3) is 0 Å². The molecule has 18 nitrogen and oxygen atoms in total. The van der Waals surface area contributed by atoms with Gasteiger partial charge < -0.3 is 54.8 Å². The molecular formula is C45H80O18P2. The van der Waals surface area contributed by atoms with Crippen molar-refractivity contribution >= 4 is 27.6 Å². The fourth-order valence-electron chi connectivity index (χ4n) is 6.87. The minimum Gasteiger partial charge on any atom is -0.462 e. The van der Waals surface area contributed by atoms with Crippen molar-refractivity contribution in [2.24, 2.45) is 0 Å². The van der Waals surface area contributed by atoms with Crippen LogP contribution in [0.1, 0.15) is 155 Å². The van der Waals surface area contributed by atoms with Gasteiger partial charge in [-0.2, -0.15) is 0 Å². The third-order valence-corrected chi connectivity index (χ3v) is 12.1. The van der Waals surface area contributed by atoms with Gasteiger partial charge in [0, 0.05) is 12.8 Å². The number of hydrogen-bond acceptors (Lipinski definition) is 15. The van der Waals surface area contributed by atoms with E-state index in [1.165, 1.54) is 63.9 Å². The monoisotopic (exact) mass is 970 g/mol. The molecule has 0 aromatic carbocycles. The van der Waals surface area contributed by atoms with E-state index in [0.717, 1.165) is 44.9 Å². The first-order valence-corrected chi connectivity index (χ1v) is 26.4. The number of rotatable bonds is 38. The molecule has 1 fully saturated rings. The molecule has 378 valence electrons. The van der Waals surface area contributed by atoms with Crippen molar-refractivity contribution in [2.45, 2.75) is 210 Å². The number of phosphoric acid groups is 2. The van der Waals surface area contributed by atoms with Crippen molar-refractivity contribution in [2.75, 3.05) is 13.2 Å². The van der Waals surface area contributed by atoms with E-state index in [-0.39, 0.29) is 25.7 Å². The Hall–Kier alpha value is -2.12. The molecule has 9 N–H and O–H groups in total. The Balaban J connectivity index is 2.73. The molecule has 65 heavy (non-hydrogen) atoms. The molecule has 0 amide bonds. The number of allylic oxidation sites excluding steroid dienone is 5. The standard InChI is InChI=1S/C45H80O18P2/c1-3-5-7-9-11-12-13-14-15-16-17-19-25-31-38(48)59-33-37(34-60-65(57,58)63-45-42(52)40(50)41(51)44(43(45)53)62-64(54,55)56)61-39(49)32-26-30-36(47)29-24-21-20-23-28-35(46)27-22-18-10-8-6-4-2/h18,20-24,28-29,35-37,40-47,50-53H,3-17,19,25-27,30-34H2,1-2H3,(H,57,58)(H2,54,55,56)/b21-20+,22-18-,28-23+,29-24-/t35-,36-,37+,40?,41?,42?,43?,44+,45-/m0/s1. The average molecular weight is 971 g/mol. The summed E-state index contributed by atoms with van der Waals surface area (Å²) in [4.78, 5) is 54.2. The molecule has 1 rings (SSSR count). The van der Waals surface area contributed by atoms with Gasteiger partial charge in [-0.15, -0.1) is 0 Å². The number of carbonyl (C=O) groups is 2. The van der Waals surface area contributed by atoms with Crippen molar-refractivity contribution in [3.63, 3.8) is 0 Å². The van der Waals surface area contributed by atoms with Gasteiger partial charge in [0.15, 0.2) is 6.10 Å². The van der Waals surface area contributed by atoms with Gasteiger partial charge in [0.1, 0.15) is 43.2 Å². The van der Waals surface area contributed by atoms with E-state index < -0.39 is 95.7 Å². The molecule has 1 aliphatic rings. The maximum atomic E-state index is 13.0. The first-order valence-electron chi connectivity index (χ1n) is 23.4. The van der Waals surface area contributed by atoms with Crippen LogP contribution in [0.4, 0.5) is 0 Å². The van der Waals surface area contributed by atoms with Crippen molar-refractivity contribution in [3.05, 3.63) is 48.6 Å². The van der Waals surface area contributed by atoms with Crippen molar-refractivity contribution in [1.29, 1.82) is 0 Å². The topological polar surface area (TPSA) is 296 Å². The Morgan fingerprint density at radius 3 is 1.65 bits per heavy atom. The minimum absolute atomic E-state index is 0.0695. The summed E-state index contributed by atoms with van der Waals surface area (Å²) in [5, 5.41) is 61.6. The molecule has 0 aliphatic heterocycles. The molecule has 1 aliphatic carbocycles. The average Bonchev–Trinajstić information content (AvgIpc) is 3.25. The van der Waals surface area contributed by atoms with Gasteiger partial charge >= 0.3 is 27.6 Å². The molecule has 5 unspecified atom stereocenters. The lowest BCUT2D eigenvalue weighted by atomic mass is 9.85. The summed E-state index contributed by atoms with van der Waals surface area (Å²) in [5.41, 5.74) is 0. The van der Waals surface area contributed by atoms with Crippen LogP contribution in [0.15, 0.2) is 48.6 Å². The quantitative estimate of drug-likeness (QED) is 0.0106. The van der Waals surface area contributed by atoms with Crippen LogP contribution in [0.2, 0.25) is 0 Å². The second-order valence-electron chi connectivity index (χ2n) is 16.5. The maximum absolute atomic E-state index is 13.0. The van der Waals surface area contributed by atoms with E-state index >= 15 is 0 Å². The number of carbonyl (C=O) groups excluding carboxylic acids is 2. The SMILES string of the molecule is CCCCC/C=C\C[C@H](O)/C=C/C=C/C=C\[C@H](O)CCCC(=O)O[C@H](COC(=O)CCCCCCCCCCCCCCC)COP(=O)(O)O[C@H]1C(O)C(O)C(O)[C@@H](OP(=O)(O)O)C1O. The van der Waals surface area contributed by atoms with Crippen LogP contribution < -0.4 is 0 Å². The molecule has 20 heteroatoms. The van der Waals surface area contributed by atoms with Crippen molar-refractivity contribution < 1.29 is 87.1 Å². The van der Waals surface area contributed by atoms with Gasteiger partial charge in [0.2, 0.25) is 0 Å². The molecule has 0 spiro atoms. The van der Waals surface area contributed by atoms with Gasteiger partial charge in [0.25, 0.3) is 0 Å². The number of aliphatic hydroxyl groups excluding tert-OH is 6. The van der Waals surface area contributed by atoms with Crippen LogP contribution in [0, 0.1) is 0 Å². The largest absolute Gasteiger partial charge is 0.472 e. The second-order valence-corrected chi connectivity index (χ2v) is 19.1. The Morgan fingerprint density at radius 2 is 1.08 bits per heavy atom. The number of hydrogen-bond donors (Lipinski definition) is 9. The molecule has 0 saturated heterocycles. The molecule has 1 saturated carbocycles. The van der Waals surface area contributed by atoms with Gasteiger partial charge in [-0.1, -0.05) is 152 Å². The van der Waals surface area contributed by atoms with E-state index in [2.05, 4.69) is 24.4 Å². The molecule has 0 heterocycles. The van der Waals surface area contributed by atoms with E-state index in [4.69, 9.17) is 28.3 Å². The number of unbranched alkanes of at least 4 members (excludes halogenated alkanes) is 15. The molecule has 0 aromatic rings. The first-order chi connectivity index (χ1) is 30.9. The molecular weight excluding hydrogens is 890 g/mol. The third kappa shape index (κ3) is 30.8. The Kier molecular flexibility index (Phi) is 33.7. The summed E-state index contributed by atoms with van der Waals surface area (Å²) in [6, 6.07) is 0. The highest BCUT2D eigenvalue weighted by Crippen LogP contribution is 2.49. The van der Waals surface area contributed by atoms with Crippen molar-refractivity contribution in [3.8, 4) is 0 Å². The maximum Gasteiger partial charge on any atom is 0.472 e. The normalized spacial score (nSPS) is 23.1. The summed E-state index contributed by atoms with van der Waals surface area (Å²) >= 11 is 0. The zero-order chi connectivity index (χ0) is 48.5. The molecule has 0 bridgehead atoms. The predicted molar refractivity (Wildman–Crippen MR) is 244 cm³/mol. The van der Waals surface area contributed by atoms with Crippen LogP contribution in [-0.4, -0.2) is 125 Å². The molecule has 0 radical (unpaired) electrons. The first kappa shape index (κ1) is 60.9. The summed E-state index contributed by atoms with van der Waals surface area (Å²) in [6.07, 6.45) is 16.9. The van der Waals surface area contributed by atoms with Crippen LogP contribution >= 0.6 is 15.6 Å². The van der Waals surface area contributed by atoms with E-state index in [0.29, 0.717) is 12.8 Å². The highest BCUT2D eigenvalue weighted by molar-refractivity contribution is 7.47. The van der Waals surface area contributed by atoms with Gasteiger partial charge in [-0.25, -0.2) is 9.13 Å². The van der Waals surface area contributed by atoms with Gasteiger partial charge in [-0.05, 0) is 38.5 Å². The smallest absolute Gasteiger partial charge is 0.462 e. The Morgan fingerprint density at radius 1 is 0.569 bits per heavy atom. The lowest BCUT2D eigenvalue weighted by molar-refractivity contribution is -0.216. The summed E-state index contributed by atoms with van der Waals surface area (Å²) in [6.45, 7) is 2.83. The van der Waals surface area contributed by atoms with Crippen LogP contribution in [0.3, 0.4) is 0 Å². The Labute approximate surface area is 385 Å². The fourth-order valence-corrected chi connectivity index (χ4v) is 8.41. The van der Waals surface area contributed by atoms with E-state index in [1.54, 1.807) is 30.4 Å². The van der Waals surface area contributed by atoms with Crippen LogP contribution in [0.5, 0.6) is 0 Å². The number of phosphoric ester groups is 2. The summed E-state index contributed by atoms with van der Waals surface area (Å²) in [5.74, 6) is -1.45. The number of ether oxygens (including phenoxy) is 2. The minimum atomic E-state index is -5.39. The van der Waals surface area contributed by atoms with E-state index in [9.17, 15) is 54.3 Å². The molecule has 0 aromatic heterocycles. The van der Waals surface area contributed by atoms with Crippen LogP contribution in [-0.2, 0) is 41.8 Å². The Bertz CT molecular complexity index is 1480. The molecule has 10 atom stereocenters. The highest BCUT2D eigenvalue weighted by atomic mass is 31.2. The van der Waals surface area contributed by atoms with Gasteiger partial charge in [-0.3, -0.25) is 23.2 Å². The lowest BCUT2D eigenvalue weighted by Gasteiger charge is -2.43. The number of esters is 2. The fraction of sp³-hybridized carbons (Fsp3) is 0.778. The summed E-state index contributed by atoms with van der Waals surface area (Å²) < 4.78 is 49.1. The van der Waals surface area contributed by atoms with Crippen molar-refractivity contribution in [1.82, 2.24) is 0 Å². The van der Waals surface area contributed by atoms with E-state index in [1.807, 2.05) is 6.08 Å². The predicted octanol–water partition coefficient (Wildman–Crippen LogP) is 6.45. The highest BCUT2D eigenvalue weighted by Gasteiger charge is 2.54. The zero-order valence-corrected chi connectivity index (χ0v) is 40.2. The summed E-state index contributed by atoms with van der Waals surface area (Å²) in [7, 11) is -10.8. The second kappa shape index (κ2) is 35.9. The number of aliphatic hydroxyl groups is 6. The lowest BCUT2D eigenvalue weighted by Crippen LogP contribution is -2.64. The third-order valence-electron chi connectivity index (χ3n) is 10.6.